The van der Waals surface area contributed by atoms with Crippen molar-refractivity contribution in [3.05, 3.63) is 24.0 Å². The first-order chi connectivity index (χ1) is 7.77. The highest BCUT2D eigenvalue weighted by molar-refractivity contribution is 5.88. The lowest BCUT2D eigenvalue weighted by Crippen LogP contribution is -2.53. The fraction of sp³-hybridized carbons (Fsp3) is 0.364. The van der Waals surface area contributed by atoms with Gasteiger partial charge in [0, 0.05) is 18.9 Å². The molecule has 1 saturated heterocycles. The topological polar surface area (TPSA) is 59.5 Å². The summed E-state index contributed by atoms with van der Waals surface area (Å²) in [6.07, 6.45) is 4.60. The molecule has 0 saturated carbocycles. The van der Waals surface area contributed by atoms with Gasteiger partial charge in [-0.05, 0) is 12.5 Å². The number of esters is 1. The molecule has 1 unspecified atom stereocenters. The Labute approximate surface area is 93.0 Å². The van der Waals surface area contributed by atoms with Crippen molar-refractivity contribution in [2.45, 2.75) is 12.5 Å². The van der Waals surface area contributed by atoms with Crippen molar-refractivity contribution in [1.82, 2.24) is 4.98 Å². The second kappa shape index (κ2) is 4.30. The number of pyridine rings is 1. The van der Waals surface area contributed by atoms with Crippen LogP contribution in [0.3, 0.4) is 0 Å². The molecule has 0 aliphatic carbocycles. The minimum Gasteiger partial charge on any atom is -0.467 e. The molecule has 1 aliphatic heterocycles. The van der Waals surface area contributed by atoms with E-state index < -0.39 is 0 Å². The summed E-state index contributed by atoms with van der Waals surface area (Å²) in [4.78, 5) is 28.0. The van der Waals surface area contributed by atoms with Gasteiger partial charge in [-0.2, -0.15) is 0 Å². The van der Waals surface area contributed by atoms with Crippen molar-refractivity contribution in [3.8, 4) is 0 Å². The van der Waals surface area contributed by atoms with E-state index in [1.807, 2.05) is 4.90 Å². The Morgan fingerprint density at radius 3 is 3.06 bits per heavy atom. The number of anilines is 1. The maximum absolute atomic E-state index is 11.4. The second-order valence-corrected chi connectivity index (χ2v) is 3.57. The van der Waals surface area contributed by atoms with Gasteiger partial charge in [0.1, 0.15) is 6.04 Å². The van der Waals surface area contributed by atoms with E-state index in [2.05, 4.69) is 4.98 Å². The highest BCUT2D eigenvalue weighted by Crippen LogP contribution is 2.28. The van der Waals surface area contributed by atoms with E-state index >= 15 is 0 Å². The van der Waals surface area contributed by atoms with Crippen LogP contribution in [0.2, 0.25) is 0 Å². The number of rotatable bonds is 3. The number of nitrogens with zero attached hydrogens (tertiary/aromatic N) is 2. The second-order valence-electron chi connectivity index (χ2n) is 3.57. The number of aldehydes is 1. The number of carbonyl (C=O) groups excluding carboxylic acids is 2. The predicted molar refractivity (Wildman–Crippen MR) is 57.4 cm³/mol. The lowest BCUT2D eigenvalue weighted by atomic mass is 10.0. The molecule has 0 radical (unpaired) electrons. The van der Waals surface area contributed by atoms with Crippen molar-refractivity contribution in [3.63, 3.8) is 0 Å². The molecule has 0 amide bonds. The SMILES string of the molecule is COC(=O)C1CCN1c1ccncc1C=O. The molecule has 1 aromatic rings. The van der Waals surface area contributed by atoms with Crippen LogP contribution in [-0.2, 0) is 9.53 Å². The maximum Gasteiger partial charge on any atom is 0.328 e. The van der Waals surface area contributed by atoms with E-state index in [1.54, 1.807) is 12.3 Å². The van der Waals surface area contributed by atoms with E-state index in [0.717, 1.165) is 24.9 Å². The first-order valence-electron chi connectivity index (χ1n) is 5.01. The quantitative estimate of drug-likeness (QED) is 0.552. The van der Waals surface area contributed by atoms with E-state index in [1.165, 1.54) is 13.3 Å². The zero-order valence-electron chi connectivity index (χ0n) is 8.92. The van der Waals surface area contributed by atoms with Gasteiger partial charge in [-0.25, -0.2) is 4.79 Å². The Bertz CT molecular complexity index is 419. The van der Waals surface area contributed by atoms with Gasteiger partial charge < -0.3 is 9.64 Å². The smallest absolute Gasteiger partial charge is 0.328 e. The lowest BCUT2D eigenvalue weighted by Gasteiger charge is -2.41. The number of methoxy groups -OCH3 is 1. The molecule has 0 bridgehead atoms. The zero-order valence-corrected chi connectivity index (χ0v) is 8.92. The average Bonchev–Trinajstić information content (AvgIpc) is 2.28. The van der Waals surface area contributed by atoms with Crippen LogP contribution in [0.15, 0.2) is 18.5 Å². The van der Waals surface area contributed by atoms with Crippen LogP contribution >= 0.6 is 0 Å². The fourth-order valence-corrected chi connectivity index (χ4v) is 1.81. The first kappa shape index (κ1) is 10.6. The molecule has 2 rings (SSSR count). The molecule has 1 aromatic heterocycles. The molecule has 0 aromatic carbocycles. The van der Waals surface area contributed by atoms with E-state index in [0.29, 0.717) is 5.56 Å². The summed E-state index contributed by atoms with van der Waals surface area (Å²) in [5.74, 6) is -0.264. The number of hydrogen-bond acceptors (Lipinski definition) is 5. The Balaban J connectivity index is 2.25. The predicted octanol–water partition coefficient (Wildman–Crippen LogP) is 0.646. The van der Waals surface area contributed by atoms with Crippen LogP contribution in [0.5, 0.6) is 0 Å². The molecule has 5 nitrogen and oxygen atoms in total. The summed E-state index contributed by atoms with van der Waals surface area (Å²) in [6.45, 7) is 0.755. The van der Waals surface area contributed by atoms with Crippen molar-refractivity contribution in [2.75, 3.05) is 18.6 Å². The standard InChI is InChI=1S/C11H12N2O3/c1-16-11(15)10-3-5-13(10)9-2-4-12-6-8(9)7-14/h2,4,6-7,10H,3,5H2,1H3. The van der Waals surface area contributed by atoms with Crippen LogP contribution in [0.4, 0.5) is 5.69 Å². The van der Waals surface area contributed by atoms with Crippen molar-refractivity contribution < 1.29 is 14.3 Å². The first-order valence-corrected chi connectivity index (χ1v) is 5.01. The highest BCUT2D eigenvalue weighted by Gasteiger charge is 2.36. The van der Waals surface area contributed by atoms with Crippen LogP contribution in [-0.4, -0.2) is 36.9 Å². The van der Waals surface area contributed by atoms with Crippen LogP contribution < -0.4 is 4.90 Å². The van der Waals surface area contributed by atoms with Gasteiger partial charge in [0.25, 0.3) is 0 Å². The summed E-state index contributed by atoms with van der Waals surface area (Å²) in [7, 11) is 1.37. The molecule has 2 heterocycles. The number of aromatic nitrogens is 1. The van der Waals surface area contributed by atoms with Gasteiger partial charge in [-0.3, -0.25) is 9.78 Å². The van der Waals surface area contributed by atoms with Crippen LogP contribution in [0.1, 0.15) is 16.8 Å². The Morgan fingerprint density at radius 1 is 1.69 bits per heavy atom. The number of ether oxygens (including phenoxy) is 1. The van der Waals surface area contributed by atoms with Gasteiger partial charge in [0.15, 0.2) is 6.29 Å². The Morgan fingerprint density at radius 2 is 2.50 bits per heavy atom. The van der Waals surface area contributed by atoms with Gasteiger partial charge in [-0.15, -0.1) is 0 Å². The minimum absolute atomic E-state index is 0.264. The summed E-state index contributed by atoms with van der Waals surface area (Å²) in [6, 6.07) is 1.46. The number of hydrogen-bond donors (Lipinski definition) is 0. The average molecular weight is 220 g/mol. The van der Waals surface area contributed by atoms with E-state index in [4.69, 9.17) is 4.74 Å². The van der Waals surface area contributed by atoms with Gasteiger partial charge >= 0.3 is 5.97 Å². The lowest BCUT2D eigenvalue weighted by molar-refractivity contribution is -0.143. The fourth-order valence-electron chi connectivity index (χ4n) is 1.81. The van der Waals surface area contributed by atoms with Crippen molar-refractivity contribution in [2.24, 2.45) is 0 Å². The van der Waals surface area contributed by atoms with Crippen LogP contribution in [0, 0.1) is 0 Å². The molecule has 16 heavy (non-hydrogen) atoms. The Kier molecular flexibility index (Phi) is 2.85. The minimum atomic E-state index is -0.272. The van der Waals surface area contributed by atoms with Crippen molar-refractivity contribution >= 4 is 17.9 Å². The summed E-state index contributed by atoms with van der Waals surface area (Å²) in [5.41, 5.74) is 1.24. The summed E-state index contributed by atoms with van der Waals surface area (Å²) < 4.78 is 4.69. The van der Waals surface area contributed by atoms with Crippen molar-refractivity contribution in [1.29, 1.82) is 0 Å². The normalized spacial score (nSPS) is 18.8. The van der Waals surface area contributed by atoms with Gasteiger partial charge in [0.05, 0.1) is 18.4 Å². The maximum atomic E-state index is 11.4. The zero-order chi connectivity index (χ0) is 11.5. The molecular formula is C11H12N2O3. The van der Waals surface area contributed by atoms with Gasteiger partial charge in [-0.1, -0.05) is 0 Å². The third-order valence-electron chi connectivity index (χ3n) is 2.76. The Hall–Kier alpha value is -1.91. The molecule has 1 fully saturated rings. The molecule has 84 valence electrons. The molecule has 1 atom stereocenters. The van der Waals surface area contributed by atoms with Gasteiger partial charge in [0.2, 0.25) is 0 Å². The monoisotopic (exact) mass is 220 g/mol. The third-order valence-corrected chi connectivity index (χ3v) is 2.76. The largest absolute Gasteiger partial charge is 0.467 e. The molecule has 0 N–H and O–H groups in total. The highest BCUT2D eigenvalue weighted by atomic mass is 16.5. The molecule has 1 aliphatic rings. The third kappa shape index (κ3) is 1.64. The molecular weight excluding hydrogens is 208 g/mol. The number of carbonyl (C=O) groups is 2. The molecule has 5 heteroatoms. The van der Waals surface area contributed by atoms with E-state index in [-0.39, 0.29) is 12.0 Å². The van der Waals surface area contributed by atoms with E-state index in [9.17, 15) is 9.59 Å². The van der Waals surface area contributed by atoms with Crippen LogP contribution in [0.25, 0.3) is 0 Å². The summed E-state index contributed by atoms with van der Waals surface area (Å²) >= 11 is 0. The molecule has 0 spiro atoms. The summed E-state index contributed by atoms with van der Waals surface area (Å²) in [5, 5.41) is 0.